The second-order valence-electron chi connectivity index (χ2n) is 4.38. The third kappa shape index (κ3) is 2.95. The van der Waals surface area contributed by atoms with Gasteiger partial charge in [0.2, 0.25) is 0 Å². The zero-order valence-corrected chi connectivity index (χ0v) is 14.1. The number of pyridine rings is 1. The fraction of sp³-hybridized carbons (Fsp3) is 0.0714. The molecule has 0 aliphatic heterocycles. The summed E-state index contributed by atoms with van der Waals surface area (Å²) in [6.07, 6.45) is 0. The Morgan fingerprint density at radius 3 is 2.67 bits per heavy atom. The number of rotatable bonds is 3. The molecular formula is C14H10BrNO3S2. The molecule has 0 saturated carbocycles. The van der Waals surface area contributed by atoms with E-state index in [0.29, 0.717) is 5.52 Å². The van der Waals surface area contributed by atoms with Gasteiger partial charge < -0.3 is 4.18 Å². The van der Waals surface area contributed by atoms with Crippen LogP contribution < -0.4 is 4.18 Å². The number of halogens is 1. The van der Waals surface area contributed by atoms with E-state index in [0.717, 1.165) is 26.2 Å². The van der Waals surface area contributed by atoms with Gasteiger partial charge in [-0.15, -0.1) is 11.3 Å². The van der Waals surface area contributed by atoms with Gasteiger partial charge in [-0.1, -0.05) is 18.2 Å². The molecule has 7 heteroatoms. The molecule has 4 nitrogen and oxygen atoms in total. The molecule has 3 aromatic rings. The summed E-state index contributed by atoms with van der Waals surface area (Å²) in [4.78, 5) is 4.36. The van der Waals surface area contributed by atoms with Crippen LogP contribution in [-0.2, 0) is 10.1 Å². The standard InChI is InChI=1S/C14H10BrNO3S2/c1-9-5-6-10-3-2-4-11(14(10)16-9)19-21(17,18)13-8-7-12(15)20-13/h2-8H,1H3. The quantitative estimate of drug-likeness (QED) is 0.637. The van der Waals surface area contributed by atoms with E-state index < -0.39 is 10.1 Å². The van der Waals surface area contributed by atoms with Gasteiger partial charge in [-0.25, -0.2) is 4.98 Å². The first-order valence-electron chi connectivity index (χ1n) is 6.02. The van der Waals surface area contributed by atoms with Gasteiger partial charge in [0.25, 0.3) is 0 Å². The van der Waals surface area contributed by atoms with Crippen LogP contribution in [0.25, 0.3) is 10.9 Å². The molecule has 0 aliphatic rings. The summed E-state index contributed by atoms with van der Waals surface area (Å²) in [6, 6.07) is 12.2. The number of thiophene rings is 1. The Hall–Kier alpha value is -1.44. The van der Waals surface area contributed by atoms with E-state index in [1.807, 2.05) is 25.1 Å². The predicted octanol–water partition coefficient (Wildman–Crippen LogP) is 4.13. The van der Waals surface area contributed by atoms with Crippen LogP contribution in [0.5, 0.6) is 5.75 Å². The van der Waals surface area contributed by atoms with Crippen LogP contribution in [0.2, 0.25) is 0 Å². The Labute approximate surface area is 134 Å². The van der Waals surface area contributed by atoms with Crippen LogP contribution in [-0.4, -0.2) is 13.4 Å². The van der Waals surface area contributed by atoms with E-state index in [2.05, 4.69) is 20.9 Å². The summed E-state index contributed by atoms with van der Waals surface area (Å²) < 4.78 is 30.7. The number of fused-ring (bicyclic) bond motifs is 1. The van der Waals surface area contributed by atoms with Crippen molar-refractivity contribution < 1.29 is 12.6 Å². The minimum Gasteiger partial charge on any atom is -0.376 e. The zero-order valence-electron chi connectivity index (χ0n) is 10.9. The van der Waals surface area contributed by atoms with Gasteiger partial charge in [0.05, 0.1) is 3.79 Å². The number of benzene rings is 1. The van der Waals surface area contributed by atoms with Crippen LogP contribution in [0.4, 0.5) is 0 Å². The fourth-order valence-electron chi connectivity index (χ4n) is 1.88. The molecule has 0 amide bonds. The van der Waals surface area contributed by atoms with Crippen LogP contribution >= 0.6 is 27.3 Å². The highest BCUT2D eigenvalue weighted by atomic mass is 79.9. The van der Waals surface area contributed by atoms with E-state index >= 15 is 0 Å². The molecule has 108 valence electrons. The van der Waals surface area contributed by atoms with Crippen molar-refractivity contribution in [2.75, 3.05) is 0 Å². The van der Waals surface area contributed by atoms with E-state index in [-0.39, 0.29) is 9.96 Å². The molecule has 0 N–H and O–H groups in total. The Bertz CT molecular complexity index is 919. The fourth-order valence-corrected chi connectivity index (χ4v) is 4.78. The lowest BCUT2D eigenvalue weighted by atomic mass is 10.2. The maximum absolute atomic E-state index is 12.3. The second kappa shape index (κ2) is 5.40. The Morgan fingerprint density at radius 1 is 1.14 bits per heavy atom. The highest BCUT2D eigenvalue weighted by Gasteiger charge is 2.20. The lowest BCUT2D eigenvalue weighted by Crippen LogP contribution is -2.08. The first-order chi connectivity index (χ1) is 9.95. The van der Waals surface area contributed by atoms with Crippen molar-refractivity contribution in [1.82, 2.24) is 4.98 Å². The van der Waals surface area contributed by atoms with Crippen molar-refractivity contribution in [1.29, 1.82) is 0 Å². The van der Waals surface area contributed by atoms with E-state index in [9.17, 15) is 8.42 Å². The molecule has 0 spiro atoms. The van der Waals surface area contributed by atoms with Crippen molar-refractivity contribution in [2.24, 2.45) is 0 Å². The van der Waals surface area contributed by atoms with Crippen LogP contribution in [0.15, 0.2) is 50.5 Å². The topological polar surface area (TPSA) is 56.3 Å². The van der Waals surface area contributed by atoms with Gasteiger partial charge >= 0.3 is 10.1 Å². The second-order valence-corrected chi connectivity index (χ2v) is 8.61. The average Bonchev–Trinajstić information content (AvgIpc) is 2.87. The predicted molar refractivity (Wildman–Crippen MR) is 86.3 cm³/mol. The molecule has 1 aromatic carbocycles. The van der Waals surface area contributed by atoms with Gasteiger partial charge in [-0.2, -0.15) is 8.42 Å². The maximum Gasteiger partial charge on any atom is 0.348 e. The number of para-hydroxylation sites is 1. The molecule has 0 radical (unpaired) electrons. The number of nitrogens with zero attached hydrogens (tertiary/aromatic N) is 1. The lowest BCUT2D eigenvalue weighted by Gasteiger charge is -2.08. The summed E-state index contributed by atoms with van der Waals surface area (Å²) in [5, 5.41) is 0.834. The molecule has 0 unspecified atom stereocenters. The SMILES string of the molecule is Cc1ccc2cccc(OS(=O)(=O)c3ccc(Br)s3)c2n1. The molecule has 0 atom stereocenters. The van der Waals surface area contributed by atoms with Gasteiger partial charge in [-0.05, 0) is 47.1 Å². The minimum atomic E-state index is -3.85. The summed E-state index contributed by atoms with van der Waals surface area (Å²) in [5.41, 5.74) is 1.34. The Balaban J connectivity index is 2.08. The molecule has 21 heavy (non-hydrogen) atoms. The molecule has 0 aliphatic carbocycles. The minimum absolute atomic E-state index is 0.152. The summed E-state index contributed by atoms with van der Waals surface area (Å²) in [7, 11) is -3.85. The third-order valence-electron chi connectivity index (χ3n) is 2.82. The van der Waals surface area contributed by atoms with E-state index in [1.54, 1.807) is 18.2 Å². The lowest BCUT2D eigenvalue weighted by molar-refractivity contribution is 0.490. The van der Waals surface area contributed by atoms with Crippen molar-refractivity contribution >= 4 is 48.3 Å². The molecule has 0 saturated heterocycles. The summed E-state index contributed by atoms with van der Waals surface area (Å²) >= 11 is 4.35. The summed E-state index contributed by atoms with van der Waals surface area (Å²) in [6.45, 7) is 1.85. The third-order valence-corrected chi connectivity index (χ3v) is 6.13. The number of hydrogen-bond acceptors (Lipinski definition) is 5. The van der Waals surface area contributed by atoms with Gasteiger partial charge in [0, 0.05) is 11.1 Å². The largest absolute Gasteiger partial charge is 0.376 e. The Kier molecular flexibility index (Phi) is 3.73. The van der Waals surface area contributed by atoms with Crippen molar-refractivity contribution in [3.63, 3.8) is 0 Å². The smallest absolute Gasteiger partial charge is 0.348 e. The van der Waals surface area contributed by atoms with Gasteiger partial charge in [0.1, 0.15) is 5.52 Å². The van der Waals surface area contributed by atoms with Crippen molar-refractivity contribution in [2.45, 2.75) is 11.1 Å². The van der Waals surface area contributed by atoms with E-state index in [1.165, 1.54) is 6.07 Å². The first-order valence-corrected chi connectivity index (χ1v) is 9.04. The highest BCUT2D eigenvalue weighted by molar-refractivity contribution is 9.11. The first kappa shape index (κ1) is 14.5. The van der Waals surface area contributed by atoms with Gasteiger partial charge in [0.15, 0.2) is 9.96 Å². The highest BCUT2D eigenvalue weighted by Crippen LogP contribution is 2.31. The maximum atomic E-state index is 12.3. The molecule has 0 fully saturated rings. The number of aromatic nitrogens is 1. The average molecular weight is 384 g/mol. The Morgan fingerprint density at radius 2 is 1.95 bits per heavy atom. The van der Waals surface area contributed by atoms with Crippen molar-refractivity contribution in [3.8, 4) is 5.75 Å². The van der Waals surface area contributed by atoms with E-state index in [4.69, 9.17) is 4.18 Å². The molecule has 0 bridgehead atoms. The summed E-state index contributed by atoms with van der Waals surface area (Å²) in [5.74, 6) is 0.237. The molecule has 2 aromatic heterocycles. The van der Waals surface area contributed by atoms with Gasteiger partial charge in [-0.3, -0.25) is 0 Å². The molecular weight excluding hydrogens is 374 g/mol. The van der Waals surface area contributed by atoms with Crippen LogP contribution in [0.1, 0.15) is 5.69 Å². The normalized spacial score (nSPS) is 11.7. The van der Waals surface area contributed by atoms with Crippen LogP contribution in [0.3, 0.4) is 0 Å². The van der Waals surface area contributed by atoms with Crippen molar-refractivity contribution in [3.05, 3.63) is 51.9 Å². The van der Waals surface area contributed by atoms with Crippen LogP contribution in [0, 0.1) is 6.92 Å². The number of aryl methyl sites for hydroxylation is 1. The monoisotopic (exact) mass is 383 g/mol. The molecule has 3 rings (SSSR count). The zero-order chi connectivity index (χ0) is 15.0. The number of hydrogen-bond donors (Lipinski definition) is 0. The molecule has 2 heterocycles.